The van der Waals surface area contributed by atoms with Crippen molar-refractivity contribution in [2.24, 2.45) is 0 Å². The van der Waals surface area contributed by atoms with Crippen LogP contribution in [0.15, 0.2) is 48.5 Å². The Morgan fingerprint density at radius 2 is 1.65 bits per heavy atom. The maximum absolute atomic E-state index is 12.9. The zero-order chi connectivity index (χ0) is 18.4. The molecule has 138 valence electrons. The van der Waals surface area contributed by atoms with Gasteiger partial charge in [-0.2, -0.15) is 0 Å². The first-order valence-electron chi connectivity index (χ1n) is 9.04. The number of carbonyl (C=O) groups excluding carboxylic acids is 1. The molecule has 2 aromatic carbocycles. The second-order valence-corrected chi connectivity index (χ2v) is 6.69. The number of hydrogen-bond acceptors (Lipinski definition) is 3. The second-order valence-electron chi connectivity index (χ2n) is 6.69. The van der Waals surface area contributed by atoms with Gasteiger partial charge in [0, 0.05) is 32.7 Å². The van der Waals surface area contributed by atoms with Crippen molar-refractivity contribution in [3.63, 3.8) is 0 Å². The van der Waals surface area contributed by atoms with Gasteiger partial charge >= 0.3 is 0 Å². The molecule has 1 aliphatic heterocycles. The van der Waals surface area contributed by atoms with Crippen molar-refractivity contribution in [3.05, 3.63) is 65.5 Å². The van der Waals surface area contributed by atoms with Crippen LogP contribution in [0.25, 0.3) is 0 Å². The van der Waals surface area contributed by atoms with Crippen LogP contribution in [-0.4, -0.2) is 55.0 Å². The predicted molar refractivity (Wildman–Crippen MR) is 99.8 cm³/mol. The molecule has 1 saturated heterocycles. The summed E-state index contributed by atoms with van der Waals surface area (Å²) >= 11 is 0. The van der Waals surface area contributed by atoms with Crippen molar-refractivity contribution in [1.29, 1.82) is 0 Å². The van der Waals surface area contributed by atoms with Crippen molar-refractivity contribution in [2.75, 3.05) is 39.3 Å². The fourth-order valence-corrected chi connectivity index (χ4v) is 3.04. The van der Waals surface area contributed by atoms with Crippen molar-refractivity contribution < 1.29 is 13.9 Å². The van der Waals surface area contributed by atoms with E-state index in [9.17, 15) is 9.18 Å². The molecule has 0 radical (unpaired) electrons. The average Bonchev–Trinajstić information content (AvgIpc) is 2.66. The van der Waals surface area contributed by atoms with Gasteiger partial charge in [0.15, 0.2) is 0 Å². The van der Waals surface area contributed by atoms with Crippen LogP contribution >= 0.6 is 0 Å². The van der Waals surface area contributed by atoms with Gasteiger partial charge in [-0.1, -0.05) is 29.8 Å². The first-order chi connectivity index (χ1) is 12.6. The summed E-state index contributed by atoms with van der Waals surface area (Å²) in [5.74, 6) is 0.721. The van der Waals surface area contributed by atoms with Crippen molar-refractivity contribution in [3.8, 4) is 5.75 Å². The highest BCUT2D eigenvalue weighted by Gasteiger charge is 2.21. The molecule has 26 heavy (non-hydrogen) atoms. The molecular formula is C21H25FN2O2. The van der Waals surface area contributed by atoms with E-state index in [4.69, 9.17) is 4.74 Å². The Hall–Kier alpha value is -2.40. The molecular weight excluding hydrogens is 331 g/mol. The number of nitrogens with zero attached hydrogens (tertiary/aromatic N) is 2. The van der Waals surface area contributed by atoms with Crippen LogP contribution < -0.4 is 4.74 Å². The SMILES string of the molecule is Cc1ccc(OCCN2CCN(C(=O)Cc3ccc(F)cc3)CC2)cc1. The summed E-state index contributed by atoms with van der Waals surface area (Å²) in [5, 5.41) is 0. The maximum atomic E-state index is 12.9. The number of piperazine rings is 1. The minimum atomic E-state index is -0.275. The molecule has 1 fully saturated rings. The normalized spacial score (nSPS) is 15.1. The lowest BCUT2D eigenvalue weighted by Gasteiger charge is -2.34. The third-order valence-electron chi connectivity index (χ3n) is 4.69. The largest absolute Gasteiger partial charge is 0.492 e. The lowest BCUT2D eigenvalue weighted by molar-refractivity contribution is -0.132. The monoisotopic (exact) mass is 356 g/mol. The first kappa shape index (κ1) is 18.4. The van der Waals surface area contributed by atoms with E-state index in [0.717, 1.165) is 44.0 Å². The van der Waals surface area contributed by atoms with E-state index in [1.165, 1.54) is 17.7 Å². The summed E-state index contributed by atoms with van der Waals surface area (Å²) in [4.78, 5) is 16.6. The van der Waals surface area contributed by atoms with Gasteiger partial charge < -0.3 is 9.64 Å². The van der Waals surface area contributed by atoms with Gasteiger partial charge in [0.2, 0.25) is 5.91 Å². The van der Waals surface area contributed by atoms with Crippen molar-refractivity contribution >= 4 is 5.91 Å². The number of aryl methyl sites for hydroxylation is 1. The molecule has 0 bridgehead atoms. The summed E-state index contributed by atoms with van der Waals surface area (Å²) < 4.78 is 18.7. The number of hydrogen-bond donors (Lipinski definition) is 0. The number of ether oxygens (including phenoxy) is 1. The van der Waals surface area contributed by atoms with Crippen LogP contribution in [0.4, 0.5) is 4.39 Å². The van der Waals surface area contributed by atoms with Crippen LogP contribution in [0.2, 0.25) is 0 Å². The van der Waals surface area contributed by atoms with E-state index in [1.807, 2.05) is 29.2 Å². The highest BCUT2D eigenvalue weighted by molar-refractivity contribution is 5.78. The minimum absolute atomic E-state index is 0.104. The molecule has 4 nitrogen and oxygen atoms in total. The van der Waals surface area contributed by atoms with E-state index >= 15 is 0 Å². The zero-order valence-electron chi connectivity index (χ0n) is 15.2. The lowest BCUT2D eigenvalue weighted by Crippen LogP contribution is -2.49. The highest BCUT2D eigenvalue weighted by atomic mass is 19.1. The Bertz CT molecular complexity index is 708. The Kier molecular flexibility index (Phi) is 6.23. The van der Waals surface area contributed by atoms with Gasteiger partial charge in [0.25, 0.3) is 0 Å². The second kappa shape index (κ2) is 8.81. The molecule has 0 saturated carbocycles. The molecule has 0 aliphatic carbocycles. The summed E-state index contributed by atoms with van der Waals surface area (Å²) in [7, 11) is 0. The molecule has 3 rings (SSSR count). The van der Waals surface area contributed by atoms with Gasteiger partial charge in [-0.15, -0.1) is 0 Å². The van der Waals surface area contributed by atoms with E-state index in [2.05, 4.69) is 11.8 Å². The van der Waals surface area contributed by atoms with Crippen molar-refractivity contribution in [2.45, 2.75) is 13.3 Å². The highest BCUT2D eigenvalue weighted by Crippen LogP contribution is 2.12. The standard InChI is InChI=1S/C21H25FN2O2/c1-17-2-8-20(9-3-17)26-15-14-23-10-12-24(13-11-23)21(25)16-18-4-6-19(22)7-5-18/h2-9H,10-16H2,1H3. The Morgan fingerprint density at radius 3 is 2.31 bits per heavy atom. The van der Waals surface area contributed by atoms with E-state index in [0.29, 0.717) is 13.0 Å². The van der Waals surface area contributed by atoms with Crippen molar-refractivity contribution in [1.82, 2.24) is 9.80 Å². The fraction of sp³-hybridized carbons (Fsp3) is 0.381. The Labute approximate surface area is 154 Å². The smallest absolute Gasteiger partial charge is 0.227 e. The summed E-state index contributed by atoms with van der Waals surface area (Å²) in [5.41, 5.74) is 2.07. The van der Waals surface area contributed by atoms with Crippen LogP contribution in [-0.2, 0) is 11.2 Å². The average molecular weight is 356 g/mol. The maximum Gasteiger partial charge on any atom is 0.227 e. The molecule has 1 amide bonds. The molecule has 0 spiro atoms. The van der Waals surface area contributed by atoms with Gasteiger partial charge in [-0.3, -0.25) is 9.69 Å². The summed E-state index contributed by atoms with van der Waals surface area (Å²) in [6, 6.07) is 14.2. The molecule has 0 unspecified atom stereocenters. The molecule has 5 heteroatoms. The third-order valence-corrected chi connectivity index (χ3v) is 4.69. The Morgan fingerprint density at radius 1 is 1.00 bits per heavy atom. The van der Waals surface area contributed by atoms with Crippen LogP contribution in [0.1, 0.15) is 11.1 Å². The fourth-order valence-electron chi connectivity index (χ4n) is 3.04. The molecule has 2 aromatic rings. The lowest BCUT2D eigenvalue weighted by atomic mass is 10.1. The summed E-state index contributed by atoms with van der Waals surface area (Å²) in [6.45, 7) is 6.72. The van der Waals surface area contributed by atoms with Gasteiger partial charge in [-0.05, 0) is 36.8 Å². The Balaban J connectivity index is 1.37. The number of benzene rings is 2. The van der Waals surface area contributed by atoms with Gasteiger partial charge in [-0.25, -0.2) is 4.39 Å². The number of halogens is 1. The first-order valence-corrected chi connectivity index (χ1v) is 9.04. The predicted octanol–water partition coefficient (Wildman–Crippen LogP) is 2.90. The number of amides is 1. The van der Waals surface area contributed by atoms with Crippen LogP contribution in [0, 0.1) is 12.7 Å². The van der Waals surface area contributed by atoms with Crippen LogP contribution in [0.5, 0.6) is 5.75 Å². The molecule has 1 heterocycles. The molecule has 0 aromatic heterocycles. The van der Waals surface area contributed by atoms with E-state index in [1.54, 1.807) is 12.1 Å². The molecule has 0 N–H and O–H groups in total. The molecule has 1 aliphatic rings. The number of carbonyl (C=O) groups is 1. The zero-order valence-corrected chi connectivity index (χ0v) is 15.2. The van der Waals surface area contributed by atoms with Crippen LogP contribution in [0.3, 0.4) is 0 Å². The topological polar surface area (TPSA) is 32.8 Å². The summed E-state index contributed by atoms with van der Waals surface area (Å²) in [6.07, 6.45) is 0.330. The van der Waals surface area contributed by atoms with E-state index < -0.39 is 0 Å². The quantitative estimate of drug-likeness (QED) is 0.798. The van der Waals surface area contributed by atoms with E-state index in [-0.39, 0.29) is 11.7 Å². The van der Waals surface area contributed by atoms with Gasteiger partial charge in [0.1, 0.15) is 18.2 Å². The van der Waals surface area contributed by atoms with Gasteiger partial charge in [0.05, 0.1) is 6.42 Å². The molecule has 0 atom stereocenters. The third kappa shape index (κ3) is 5.30. The number of rotatable bonds is 6. The minimum Gasteiger partial charge on any atom is -0.492 e.